The standard InChI is InChI=1S/C12H12ClN3O/c13-8-2-1-3-9(6-8)16-11-4-5-14-7-10(11)12(17)15-16/h1-3,6,14H,4-5,7H2,(H,15,17). The molecule has 88 valence electrons. The number of hydrogen-bond donors (Lipinski definition) is 2. The smallest absolute Gasteiger partial charge is 0.269 e. The lowest BCUT2D eigenvalue weighted by atomic mass is 10.1. The summed E-state index contributed by atoms with van der Waals surface area (Å²) < 4.78 is 1.84. The summed E-state index contributed by atoms with van der Waals surface area (Å²) in [5, 5.41) is 6.73. The molecule has 2 heterocycles. The van der Waals surface area contributed by atoms with E-state index >= 15 is 0 Å². The van der Waals surface area contributed by atoms with E-state index in [-0.39, 0.29) is 5.56 Å². The van der Waals surface area contributed by atoms with E-state index in [2.05, 4.69) is 10.4 Å². The number of benzene rings is 1. The molecule has 1 aromatic carbocycles. The molecular weight excluding hydrogens is 238 g/mol. The molecule has 17 heavy (non-hydrogen) atoms. The Labute approximate surface area is 103 Å². The van der Waals surface area contributed by atoms with E-state index in [1.165, 1.54) is 0 Å². The molecule has 0 amide bonds. The van der Waals surface area contributed by atoms with Crippen LogP contribution < -0.4 is 10.9 Å². The Morgan fingerprint density at radius 3 is 3.06 bits per heavy atom. The van der Waals surface area contributed by atoms with Crippen LogP contribution in [0.1, 0.15) is 11.3 Å². The van der Waals surface area contributed by atoms with Crippen molar-refractivity contribution < 1.29 is 0 Å². The normalized spacial score (nSPS) is 14.6. The number of nitrogens with zero attached hydrogens (tertiary/aromatic N) is 1. The number of nitrogens with one attached hydrogen (secondary N) is 2. The first-order chi connectivity index (χ1) is 8.25. The van der Waals surface area contributed by atoms with Crippen molar-refractivity contribution in [2.24, 2.45) is 0 Å². The van der Waals surface area contributed by atoms with Crippen LogP contribution in [0.25, 0.3) is 5.69 Å². The van der Waals surface area contributed by atoms with Gasteiger partial charge in [-0.05, 0) is 18.2 Å². The second-order valence-electron chi connectivity index (χ2n) is 4.11. The Hall–Kier alpha value is -1.52. The van der Waals surface area contributed by atoms with Gasteiger partial charge in [0.15, 0.2) is 0 Å². The van der Waals surface area contributed by atoms with Crippen LogP contribution in [0.2, 0.25) is 5.02 Å². The quantitative estimate of drug-likeness (QED) is 0.804. The number of H-pyrrole nitrogens is 1. The summed E-state index contributed by atoms with van der Waals surface area (Å²) in [5.74, 6) is 0. The summed E-state index contributed by atoms with van der Waals surface area (Å²) in [6.45, 7) is 1.53. The number of halogens is 1. The average Bonchev–Trinajstić information content (AvgIpc) is 2.68. The molecule has 0 saturated heterocycles. The molecule has 0 fully saturated rings. The second-order valence-corrected chi connectivity index (χ2v) is 4.54. The highest BCUT2D eigenvalue weighted by Crippen LogP contribution is 2.18. The molecule has 1 aliphatic rings. The molecule has 0 atom stereocenters. The number of aromatic amines is 1. The van der Waals surface area contributed by atoms with Gasteiger partial charge in [-0.15, -0.1) is 0 Å². The third-order valence-corrected chi connectivity index (χ3v) is 3.25. The molecule has 0 aliphatic carbocycles. The van der Waals surface area contributed by atoms with Gasteiger partial charge in [-0.2, -0.15) is 0 Å². The van der Waals surface area contributed by atoms with Gasteiger partial charge in [0.25, 0.3) is 5.56 Å². The highest BCUT2D eigenvalue weighted by Gasteiger charge is 2.18. The van der Waals surface area contributed by atoms with Crippen molar-refractivity contribution in [1.82, 2.24) is 15.1 Å². The molecule has 2 aromatic rings. The summed E-state index contributed by atoms with van der Waals surface area (Å²) >= 11 is 5.97. The van der Waals surface area contributed by atoms with Crippen LogP contribution in [-0.4, -0.2) is 16.3 Å². The van der Waals surface area contributed by atoms with E-state index < -0.39 is 0 Å². The van der Waals surface area contributed by atoms with Gasteiger partial charge in [0.1, 0.15) is 0 Å². The van der Waals surface area contributed by atoms with Crippen molar-refractivity contribution >= 4 is 11.6 Å². The van der Waals surface area contributed by atoms with Crippen LogP contribution in [0.3, 0.4) is 0 Å². The predicted octanol–water partition coefficient (Wildman–Crippen LogP) is 1.46. The minimum absolute atomic E-state index is 0.0211. The summed E-state index contributed by atoms with van der Waals surface area (Å²) in [4.78, 5) is 11.8. The second kappa shape index (κ2) is 4.05. The molecule has 0 saturated carbocycles. The van der Waals surface area contributed by atoms with Crippen LogP contribution in [0, 0.1) is 0 Å². The first-order valence-corrected chi connectivity index (χ1v) is 5.93. The number of rotatable bonds is 1. The first kappa shape index (κ1) is 10.6. The molecule has 0 spiro atoms. The van der Waals surface area contributed by atoms with Crippen LogP contribution >= 0.6 is 11.6 Å². The largest absolute Gasteiger partial charge is 0.312 e. The summed E-state index contributed by atoms with van der Waals surface area (Å²) in [5.41, 5.74) is 2.76. The monoisotopic (exact) mass is 249 g/mol. The topological polar surface area (TPSA) is 49.8 Å². The van der Waals surface area contributed by atoms with E-state index in [9.17, 15) is 4.79 Å². The van der Waals surface area contributed by atoms with Crippen molar-refractivity contribution in [3.05, 3.63) is 50.9 Å². The molecule has 0 radical (unpaired) electrons. The van der Waals surface area contributed by atoms with Gasteiger partial charge in [-0.1, -0.05) is 17.7 Å². The van der Waals surface area contributed by atoms with Gasteiger partial charge in [-0.25, -0.2) is 0 Å². The molecule has 1 aromatic heterocycles. The van der Waals surface area contributed by atoms with Crippen LogP contribution in [0.5, 0.6) is 0 Å². The number of hydrogen-bond acceptors (Lipinski definition) is 2. The van der Waals surface area contributed by atoms with Crippen molar-refractivity contribution in [2.75, 3.05) is 6.54 Å². The fourth-order valence-electron chi connectivity index (χ4n) is 2.20. The van der Waals surface area contributed by atoms with Crippen molar-refractivity contribution in [2.45, 2.75) is 13.0 Å². The Bertz CT molecular complexity index is 614. The zero-order valence-corrected chi connectivity index (χ0v) is 9.92. The van der Waals surface area contributed by atoms with Gasteiger partial charge >= 0.3 is 0 Å². The molecule has 1 aliphatic heterocycles. The Balaban J connectivity index is 2.18. The maximum atomic E-state index is 11.8. The van der Waals surface area contributed by atoms with Gasteiger partial charge in [0.2, 0.25) is 0 Å². The van der Waals surface area contributed by atoms with Crippen LogP contribution in [0.15, 0.2) is 29.1 Å². The third kappa shape index (κ3) is 1.79. The number of fused-ring (bicyclic) bond motifs is 1. The van der Waals surface area contributed by atoms with Gasteiger partial charge in [0, 0.05) is 24.5 Å². The van der Waals surface area contributed by atoms with Crippen molar-refractivity contribution in [3.63, 3.8) is 0 Å². The van der Waals surface area contributed by atoms with Crippen LogP contribution in [-0.2, 0) is 13.0 Å². The lowest BCUT2D eigenvalue weighted by Gasteiger charge is -2.15. The van der Waals surface area contributed by atoms with Crippen molar-refractivity contribution in [1.29, 1.82) is 0 Å². The molecule has 5 heteroatoms. The van der Waals surface area contributed by atoms with Gasteiger partial charge in [0.05, 0.1) is 16.9 Å². The Morgan fingerprint density at radius 1 is 1.35 bits per heavy atom. The zero-order valence-electron chi connectivity index (χ0n) is 9.16. The highest BCUT2D eigenvalue weighted by atomic mass is 35.5. The van der Waals surface area contributed by atoms with E-state index in [4.69, 9.17) is 11.6 Å². The fraction of sp³-hybridized carbons (Fsp3) is 0.250. The third-order valence-electron chi connectivity index (χ3n) is 3.01. The van der Waals surface area contributed by atoms with E-state index in [1.807, 2.05) is 28.9 Å². The molecular formula is C12H12ClN3O. The van der Waals surface area contributed by atoms with Crippen molar-refractivity contribution in [3.8, 4) is 5.69 Å². The molecule has 4 nitrogen and oxygen atoms in total. The Kier molecular flexibility index (Phi) is 2.53. The van der Waals surface area contributed by atoms with E-state index in [1.54, 1.807) is 0 Å². The van der Waals surface area contributed by atoms with Crippen LogP contribution in [0.4, 0.5) is 0 Å². The average molecular weight is 250 g/mol. The summed E-state index contributed by atoms with van der Waals surface area (Å²) in [6.07, 6.45) is 0.848. The van der Waals surface area contributed by atoms with E-state index in [0.29, 0.717) is 11.6 Å². The summed E-state index contributed by atoms with van der Waals surface area (Å²) in [6, 6.07) is 7.48. The van der Waals surface area contributed by atoms with Gasteiger partial charge < -0.3 is 5.32 Å². The molecule has 2 N–H and O–H groups in total. The SMILES string of the molecule is O=c1[nH]n(-c2cccc(Cl)c2)c2c1CNCC2. The first-order valence-electron chi connectivity index (χ1n) is 5.55. The Morgan fingerprint density at radius 2 is 2.24 bits per heavy atom. The predicted molar refractivity (Wildman–Crippen MR) is 66.8 cm³/mol. The maximum absolute atomic E-state index is 11.8. The minimum Gasteiger partial charge on any atom is -0.312 e. The summed E-state index contributed by atoms with van der Waals surface area (Å²) in [7, 11) is 0. The van der Waals surface area contributed by atoms with E-state index in [0.717, 1.165) is 29.9 Å². The zero-order chi connectivity index (χ0) is 11.8. The highest BCUT2D eigenvalue weighted by molar-refractivity contribution is 6.30. The lowest BCUT2D eigenvalue weighted by Crippen LogP contribution is -2.26. The minimum atomic E-state index is -0.0211. The maximum Gasteiger partial charge on any atom is 0.269 e. The number of aromatic nitrogens is 2. The molecule has 0 unspecified atom stereocenters. The lowest BCUT2D eigenvalue weighted by molar-refractivity contribution is 0.622. The fourth-order valence-corrected chi connectivity index (χ4v) is 2.39. The van der Waals surface area contributed by atoms with Gasteiger partial charge in [-0.3, -0.25) is 14.6 Å². The molecule has 0 bridgehead atoms. The molecule has 3 rings (SSSR count).